The summed E-state index contributed by atoms with van der Waals surface area (Å²) in [6, 6.07) is 7.04. The van der Waals surface area contributed by atoms with Crippen LogP contribution in [0.4, 0.5) is 5.82 Å². The number of fused-ring (bicyclic) bond motifs is 1. The molecule has 3 aromatic rings. The Morgan fingerprint density at radius 1 is 1.32 bits per heavy atom. The van der Waals surface area contributed by atoms with Crippen molar-refractivity contribution in [1.82, 2.24) is 19.5 Å². The van der Waals surface area contributed by atoms with E-state index in [0.29, 0.717) is 23.5 Å². The zero-order chi connectivity index (χ0) is 17.2. The van der Waals surface area contributed by atoms with E-state index in [4.69, 9.17) is 16.3 Å². The van der Waals surface area contributed by atoms with Crippen molar-refractivity contribution in [3.8, 4) is 5.75 Å². The lowest BCUT2D eigenvalue weighted by Crippen LogP contribution is -2.17. The number of anilines is 1. The van der Waals surface area contributed by atoms with Gasteiger partial charge in [-0.15, -0.1) is 0 Å². The second-order valence-corrected chi connectivity index (χ2v) is 6.35. The third-order valence-electron chi connectivity index (χ3n) is 4.23. The van der Waals surface area contributed by atoms with Crippen LogP contribution >= 0.6 is 11.6 Å². The third-order valence-corrected chi connectivity index (χ3v) is 4.40. The molecule has 2 N–H and O–H groups in total. The molecule has 1 fully saturated rings. The Kier molecular flexibility index (Phi) is 4.42. The first-order valence-electron chi connectivity index (χ1n) is 8.24. The minimum Gasteiger partial charge on any atom is -0.508 e. The molecule has 0 amide bonds. The molecule has 2 aromatic heterocycles. The second-order valence-electron chi connectivity index (χ2n) is 6.01. The van der Waals surface area contributed by atoms with Crippen LogP contribution < -0.4 is 5.32 Å². The SMILES string of the molecule is Oc1cccc(CNc2nc(Cl)nc3c2ncn3C2CCCCO2)c1. The van der Waals surface area contributed by atoms with Crippen LogP contribution in [0.2, 0.25) is 5.28 Å². The van der Waals surface area contributed by atoms with Gasteiger partial charge >= 0.3 is 0 Å². The Hall–Kier alpha value is -2.38. The molecule has 0 spiro atoms. The van der Waals surface area contributed by atoms with Gasteiger partial charge in [0.05, 0.1) is 6.33 Å². The number of aromatic nitrogens is 4. The fourth-order valence-corrected chi connectivity index (χ4v) is 3.18. The molecule has 1 aromatic carbocycles. The third kappa shape index (κ3) is 3.38. The van der Waals surface area contributed by atoms with Crippen LogP contribution in [0.25, 0.3) is 11.2 Å². The highest BCUT2D eigenvalue weighted by atomic mass is 35.5. The molecule has 0 aliphatic carbocycles. The number of imidazole rings is 1. The van der Waals surface area contributed by atoms with Crippen LogP contribution in [0.15, 0.2) is 30.6 Å². The van der Waals surface area contributed by atoms with E-state index in [2.05, 4.69) is 20.3 Å². The van der Waals surface area contributed by atoms with Crippen LogP contribution in [-0.4, -0.2) is 31.2 Å². The van der Waals surface area contributed by atoms with E-state index in [9.17, 15) is 5.11 Å². The van der Waals surface area contributed by atoms with E-state index in [-0.39, 0.29) is 17.3 Å². The molecule has 3 heterocycles. The molecule has 4 rings (SSSR count). The molecule has 25 heavy (non-hydrogen) atoms. The molecular weight excluding hydrogens is 342 g/mol. The van der Waals surface area contributed by atoms with Crippen molar-refractivity contribution < 1.29 is 9.84 Å². The lowest BCUT2D eigenvalue weighted by molar-refractivity contribution is -0.0298. The molecule has 1 aliphatic heterocycles. The van der Waals surface area contributed by atoms with E-state index in [1.54, 1.807) is 24.5 Å². The first-order chi connectivity index (χ1) is 12.2. The number of aromatic hydroxyl groups is 1. The second kappa shape index (κ2) is 6.85. The highest BCUT2D eigenvalue weighted by Gasteiger charge is 2.21. The maximum Gasteiger partial charge on any atom is 0.226 e. The van der Waals surface area contributed by atoms with E-state index >= 15 is 0 Å². The zero-order valence-corrected chi connectivity index (χ0v) is 14.3. The summed E-state index contributed by atoms with van der Waals surface area (Å²) in [5.41, 5.74) is 2.24. The number of phenolic OH excluding ortho intramolecular Hbond substituents is 1. The predicted molar refractivity (Wildman–Crippen MR) is 94.6 cm³/mol. The molecule has 1 unspecified atom stereocenters. The molecule has 1 saturated heterocycles. The topological polar surface area (TPSA) is 85.1 Å². The molecule has 8 heteroatoms. The minimum absolute atomic E-state index is 0.0661. The average molecular weight is 360 g/mol. The van der Waals surface area contributed by atoms with Crippen LogP contribution in [0, 0.1) is 0 Å². The highest BCUT2D eigenvalue weighted by Crippen LogP contribution is 2.28. The number of benzene rings is 1. The summed E-state index contributed by atoms with van der Waals surface area (Å²) in [5.74, 6) is 0.789. The number of hydrogen-bond donors (Lipinski definition) is 2. The number of rotatable bonds is 4. The van der Waals surface area contributed by atoms with Gasteiger partial charge in [-0.2, -0.15) is 9.97 Å². The molecule has 0 saturated carbocycles. The van der Waals surface area contributed by atoms with Crippen LogP contribution in [-0.2, 0) is 11.3 Å². The van der Waals surface area contributed by atoms with Gasteiger partial charge in [-0.05, 0) is 48.6 Å². The molecule has 1 aliphatic rings. The van der Waals surface area contributed by atoms with Gasteiger partial charge in [-0.25, -0.2) is 4.98 Å². The van der Waals surface area contributed by atoms with Crippen LogP contribution in [0.3, 0.4) is 0 Å². The van der Waals surface area contributed by atoms with Gasteiger partial charge in [-0.3, -0.25) is 4.57 Å². The standard InChI is InChI=1S/C17H18ClN5O2/c18-17-21-15(19-9-11-4-3-5-12(24)8-11)14-16(22-17)23(10-20-14)13-6-1-2-7-25-13/h3-5,8,10,13,24H,1-2,6-7,9H2,(H,19,21,22). The lowest BCUT2D eigenvalue weighted by atomic mass is 10.2. The van der Waals surface area contributed by atoms with Crippen molar-refractivity contribution in [3.05, 3.63) is 41.4 Å². The van der Waals surface area contributed by atoms with Crippen molar-refractivity contribution >= 4 is 28.6 Å². The van der Waals surface area contributed by atoms with Crippen molar-refractivity contribution in [2.24, 2.45) is 0 Å². The van der Waals surface area contributed by atoms with E-state index in [1.165, 1.54) is 0 Å². The number of nitrogens with zero attached hydrogens (tertiary/aromatic N) is 4. The fourth-order valence-electron chi connectivity index (χ4n) is 3.02. The summed E-state index contributed by atoms with van der Waals surface area (Å²) in [7, 11) is 0. The Bertz CT molecular complexity index is 892. The minimum atomic E-state index is -0.0661. The van der Waals surface area contributed by atoms with Crippen molar-refractivity contribution in [1.29, 1.82) is 0 Å². The number of phenols is 1. The summed E-state index contributed by atoms with van der Waals surface area (Å²) in [5, 5.41) is 13.0. The summed E-state index contributed by atoms with van der Waals surface area (Å²) >= 11 is 6.11. The fraction of sp³-hybridized carbons (Fsp3) is 0.353. The first-order valence-corrected chi connectivity index (χ1v) is 8.62. The summed E-state index contributed by atoms with van der Waals surface area (Å²) in [6.45, 7) is 1.23. The molecule has 130 valence electrons. The Morgan fingerprint density at radius 2 is 2.24 bits per heavy atom. The van der Waals surface area contributed by atoms with Crippen molar-refractivity contribution in [3.63, 3.8) is 0 Å². The average Bonchev–Trinajstić information content (AvgIpc) is 3.04. The van der Waals surface area contributed by atoms with Gasteiger partial charge in [-0.1, -0.05) is 12.1 Å². The zero-order valence-electron chi connectivity index (χ0n) is 13.5. The van der Waals surface area contributed by atoms with Gasteiger partial charge in [0.15, 0.2) is 17.0 Å². The largest absolute Gasteiger partial charge is 0.508 e. The Labute approximate surface area is 149 Å². The monoisotopic (exact) mass is 359 g/mol. The number of ether oxygens (including phenoxy) is 1. The van der Waals surface area contributed by atoms with Crippen molar-refractivity contribution in [2.45, 2.75) is 32.0 Å². The van der Waals surface area contributed by atoms with Crippen LogP contribution in [0.5, 0.6) is 5.75 Å². The van der Waals surface area contributed by atoms with Gasteiger partial charge in [0.2, 0.25) is 5.28 Å². The van der Waals surface area contributed by atoms with E-state index < -0.39 is 0 Å². The summed E-state index contributed by atoms with van der Waals surface area (Å²) in [4.78, 5) is 13.0. The van der Waals surface area contributed by atoms with Crippen molar-refractivity contribution in [2.75, 3.05) is 11.9 Å². The van der Waals surface area contributed by atoms with Crippen LogP contribution in [0.1, 0.15) is 31.1 Å². The quantitative estimate of drug-likeness (QED) is 0.693. The van der Waals surface area contributed by atoms with Gasteiger partial charge in [0, 0.05) is 13.2 Å². The maximum absolute atomic E-state index is 9.57. The molecule has 7 nitrogen and oxygen atoms in total. The molecule has 0 radical (unpaired) electrons. The lowest BCUT2D eigenvalue weighted by Gasteiger charge is -2.23. The normalized spacial score (nSPS) is 17.7. The van der Waals surface area contributed by atoms with E-state index in [0.717, 1.165) is 31.4 Å². The smallest absolute Gasteiger partial charge is 0.226 e. The maximum atomic E-state index is 9.57. The summed E-state index contributed by atoms with van der Waals surface area (Å²) in [6.07, 6.45) is 4.79. The molecule has 0 bridgehead atoms. The first kappa shape index (κ1) is 16.1. The van der Waals surface area contributed by atoms with Gasteiger partial charge < -0.3 is 15.2 Å². The molecule has 1 atom stereocenters. The Morgan fingerprint density at radius 3 is 3.04 bits per heavy atom. The molecular formula is C17H18ClN5O2. The highest BCUT2D eigenvalue weighted by molar-refractivity contribution is 6.28. The predicted octanol–water partition coefficient (Wildman–Crippen LogP) is 3.50. The van der Waals surface area contributed by atoms with Gasteiger partial charge in [0.25, 0.3) is 0 Å². The number of hydrogen-bond acceptors (Lipinski definition) is 6. The number of nitrogens with one attached hydrogen (secondary N) is 1. The Balaban J connectivity index is 1.63. The summed E-state index contributed by atoms with van der Waals surface area (Å²) < 4.78 is 7.74. The number of halogens is 1. The van der Waals surface area contributed by atoms with E-state index in [1.807, 2.05) is 10.6 Å². The van der Waals surface area contributed by atoms with Gasteiger partial charge in [0.1, 0.15) is 12.0 Å².